The van der Waals surface area contributed by atoms with Gasteiger partial charge in [0.2, 0.25) is 11.7 Å². The predicted octanol–water partition coefficient (Wildman–Crippen LogP) is 0.531. The molecule has 2 saturated heterocycles. The van der Waals surface area contributed by atoms with Gasteiger partial charge in [0.05, 0.1) is 5.69 Å². The number of carbonyl (C=O) groups excluding carboxylic acids is 2. The van der Waals surface area contributed by atoms with Gasteiger partial charge in [0.15, 0.2) is 0 Å². The molecule has 0 aromatic carbocycles. The van der Waals surface area contributed by atoms with Crippen molar-refractivity contribution in [2.45, 2.75) is 38.3 Å². The molecule has 0 saturated carbocycles. The number of hydrogen-bond donors (Lipinski definition) is 1. The second-order valence-corrected chi connectivity index (χ2v) is 5.94. The number of aromatic nitrogens is 3. The van der Waals surface area contributed by atoms with Crippen molar-refractivity contribution >= 4 is 17.6 Å². The summed E-state index contributed by atoms with van der Waals surface area (Å²) in [6.45, 7) is 2.36. The first-order valence-corrected chi connectivity index (χ1v) is 7.54. The first-order chi connectivity index (χ1) is 10.6. The highest BCUT2D eigenvalue weighted by molar-refractivity contribution is 5.95. The van der Waals surface area contributed by atoms with Crippen molar-refractivity contribution < 1.29 is 9.59 Å². The number of nitrogens with one attached hydrogen (secondary N) is 1. The van der Waals surface area contributed by atoms with Crippen molar-refractivity contribution in [1.29, 1.82) is 0 Å². The summed E-state index contributed by atoms with van der Waals surface area (Å²) in [5.41, 5.74) is 1.22. The van der Waals surface area contributed by atoms with Gasteiger partial charge in [-0.15, -0.1) is 0 Å². The van der Waals surface area contributed by atoms with Crippen LogP contribution in [0.4, 0.5) is 0 Å². The van der Waals surface area contributed by atoms with E-state index in [4.69, 9.17) is 0 Å². The Morgan fingerprint density at radius 2 is 2.18 bits per heavy atom. The SMILES string of the molecule is Cc1nc2ncccn2c1C(=O)N1[C@@H]2CC[C@H]1CNC(=O)C2. The number of imidazole rings is 1. The van der Waals surface area contributed by atoms with Crippen molar-refractivity contribution in [2.75, 3.05) is 6.54 Å². The molecule has 0 radical (unpaired) electrons. The van der Waals surface area contributed by atoms with Crippen LogP contribution in [-0.4, -0.2) is 49.7 Å². The lowest BCUT2D eigenvalue weighted by Crippen LogP contribution is -2.43. The zero-order valence-electron chi connectivity index (χ0n) is 12.3. The molecule has 4 heterocycles. The molecule has 4 rings (SSSR count). The van der Waals surface area contributed by atoms with Crippen LogP contribution in [0.2, 0.25) is 0 Å². The van der Waals surface area contributed by atoms with Gasteiger partial charge >= 0.3 is 0 Å². The third-order valence-corrected chi connectivity index (χ3v) is 4.59. The second kappa shape index (κ2) is 4.79. The topological polar surface area (TPSA) is 79.6 Å². The molecule has 0 aliphatic carbocycles. The van der Waals surface area contributed by atoms with E-state index in [1.54, 1.807) is 22.9 Å². The van der Waals surface area contributed by atoms with E-state index >= 15 is 0 Å². The molecule has 22 heavy (non-hydrogen) atoms. The zero-order chi connectivity index (χ0) is 15.3. The highest BCUT2D eigenvalue weighted by Crippen LogP contribution is 2.30. The lowest BCUT2D eigenvalue weighted by molar-refractivity contribution is -0.121. The van der Waals surface area contributed by atoms with E-state index in [1.165, 1.54) is 0 Å². The van der Waals surface area contributed by atoms with Gasteiger partial charge in [0, 0.05) is 37.4 Å². The molecule has 2 aromatic heterocycles. The molecule has 2 aliphatic rings. The third kappa shape index (κ3) is 1.88. The van der Waals surface area contributed by atoms with Crippen LogP contribution < -0.4 is 5.32 Å². The Morgan fingerprint density at radius 1 is 1.36 bits per heavy atom. The number of nitrogens with zero attached hydrogens (tertiary/aromatic N) is 4. The van der Waals surface area contributed by atoms with Crippen LogP contribution in [0.5, 0.6) is 0 Å². The molecule has 0 spiro atoms. The smallest absolute Gasteiger partial charge is 0.273 e. The lowest BCUT2D eigenvalue weighted by atomic mass is 10.1. The molecule has 7 heteroatoms. The Hall–Kier alpha value is -2.44. The summed E-state index contributed by atoms with van der Waals surface area (Å²) in [4.78, 5) is 35.3. The minimum absolute atomic E-state index is 0.0124. The quantitative estimate of drug-likeness (QED) is 0.833. The third-order valence-electron chi connectivity index (χ3n) is 4.59. The number of rotatable bonds is 1. The van der Waals surface area contributed by atoms with Gasteiger partial charge in [-0.3, -0.25) is 14.0 Å². The largest absolute Gasteiger partial charge is 0.354 e. The molecule has 0 unspecified atom stereocenters. The lowest BCUT2D eigenvalue weighted by Gasteiger charge is -2.27. The van der Waals surface area contributed by atoms with Crippen LogP contribution in [0.25, 0.3) is 5.78 Å². The van der Waals surface area contributed by atoms with E-state index in [0.29, 0.717) is 30.1 Å². The van der Waals surface area contributed by atoms with Gasteiger partial charge in [-0.2, -0.15) is 0 Å². The normalized spacial score (nSPS) is 24.4. The van der Waals surface area contributed by atoms with Crippen LogP contribution in [0.15, 0.2) is 18.5 Å². The van der Waals surface area contributed by atoms with Crippen molar-refractivity contribution in [3.05, 3.63) is 29.8 Å². The summed E-state index contributed by atoms with van der Waals surface area (Å²) in [5, 5.41) is 2.89. The number of aryl methyl sites for hydroxylation is 1. The Morgan fingerprint density at radius 3 is 3.05 bits per heavy atom. The van der Waals surface area contributed by atoms with Crippen LogP contribution in [0.3, 0.4) is 0 Å². The average molecular weight is 299 g/mol. The fourth-order valence-electron chi connectivity index (χ4n) is 3.59. The zero-order valence-corrected chi connectivity index (χ0v) is 12.3. The summed E-state index contributed by atoms with van der Waals surface area (Å²) in [5.74, 6) is 0.503. The molecular formula is C15H17N5O2. The standard InChI is InChI=1S/C15H17N5O2/c1-9-13(19-6-2-5-16-15(19)18-9)14(22)20-10-3-4-11(20)8-17-12(21)7-10/h2,5-6,10-11H,3-4,7-8H2,1H3,(H,17,21)/t10-,11+/m1/s1. The molecule has 2 bridgehead atoms. The Labute approximate surface area is 127 Å². The Kier molecular flexibility index (Phi) is 2.88. The highest BCUT2D eigenvalue weighted by Gasteiger charge is 2.41. The number of fused-ring (bicyclic) bond motifs is 3. The van der Waals surface area contributed by atoms with Crippen LogP contribution in [0, 0.1) is 6.92 Å². The molecule has 2 fully saturated rings. The minimum Gasteiger partial charge on any atom is -0.354 e. The van der Waals surface area contributed by atoms with Gasteiger partial charge in [-0.25, -0.2) is 9.97 Å². The van der Waals surface area contributed by atoms with Crippen LogP contribution in [0.1, 0.15) is 35.4 Å². The van der Waals surface area contributed by atoms with E-state index < -0.39 is 0 Å². The maximum Gasteiger partial charge on any atom is 0.273 e. The van der Waals surface area contributed by atoms with Gasteiger partial charge in [0.25, 0.3) is 5.91 Å². The molecule has 114 valence electrons. The number of hydrogen-bond acceptors (Lipinski definition) is 4. The monoisotopic (exact) mass is 299 g/mol. The minimum atomic E-state index is -0.0537. The van der Waals surface area contributed by atoms with Crippen molar-refractivity contribution in [3.8, 4) is 0 Å². The van der Waals surface area contributed by atoms with Gasteiger partial charge in [-0.05, 0) is 25.8 Å². The Balaban J connectivity index is 1.77. The van der Waals surface area contributed by atoms with E-state index in [9.17, 15) is 9.59 Å². The second-order valence-electron chi connectivity index (χ2n) is 5.94. The van der Waals surface area contributed by atoms with Gasteiger partial charge < -0.3 is 10.2 Å². The molecule has 2 aliphatic heterocycles. The highest BCUT2D eigenvalue weighted by atomic mass is 16.2. The van der Waals surface area contributed by atoms with E-state index in [2.05, 4.69) is 15.3 Å². The molecule has 2 atom stereocenters. The summed E-state index contributed by atoms with van der Waals surface area (Å²) < 4.78 is 1.73. The van der Waals surface area contributed by atoms with Crippen LogP contribution in [-0.2, 0) is 4.79 Å². The molecular weight excluding hydrogens is 282 g/mol. The number of carbonyl (C=O) groups is 2. The maximum absolute atomic E-state index is 13.1. The van der Waals surface area contributed by atoms with Crippen molar-refractivity contribution in [3.63, 3.8) is 0 Å². The summed E-state index contributed by atoms with van der Waals surface area (Å²) in [7, 11) is 0. The molecule has 2 aromatic rings. The predicted molar refractivity (Wildman–Crippen MR) is 78.3 cm³/mol. The fourth-order valence-corrected chi connectivity index (χ4v) is 3.59. The first-order valence-electron chi connectivity index (χ1n) is 7.54. The molecule has 7 nitrogen and oxygen atoms in total. The fraction of sp³-hybridized carbons (Fsp3) is 0.467. The van der Waals surface area contributed by atoms with E-state index in [1.807, 2.05) is 11.8 Å². The number of amides is 2. The summed E-state index contributed by atoms with van der Waals surface area (Å²) in [6.07, 6.45) is 5.67. The molecule has 2 amide bonds. The maximum atomic E-state index is 13.1. The van der Waals surface area contributed by atoms with E-state index in [0.717, 1.165) is 12.8 Å². The molecule has 1 N–H and O–H groups in total. The van der Waals surface area contributed by atoms with Gasteiger partial charge in [0.1, 0.15) is 5.69 Å². The van der Waals surface area contributed by atoms with Crippen molar-refractivity contribution in [2.24, 2.45) is 0 Å². The van der Waals surface area contributed by atoms with Gasteiger partial charge in [-0.1, -0.05) is 0 Å². The van der Waals surface area contributed by atoms with E-state index in [-0.39, 0.29) is 23.9 Å². The summed E-state index contributed by atoms with van der Waals surface area (Å²) >= 11 is 0. The average Bonchev–Trinajstić information content (AvgIpc) is 2.98. The van der Waals surface area contributed by atoms with Crippen LogP contribution >= 0.6 is 0 Å². The Bertz CT molecular complexity index is 768. The van der Waals surface area contributed by atoms with Crippen molar-refractivity contribution in [1.82, 2.24) is 24.6 Å². The summed E-state index contributed by atoms with van der Waals surface area (Å²) in [6, 6.07) is 1.85. The first kappa shape index (κ1) is 13.2.